The Labute approximate surface area is 782 Å². The van der Waals surface area contributed by atoms with Crippen molar-refractivity contribution in [2.75, 3.05) is 68.0 Å². The zero-order valence-electron chi connectivity index (χ0n) is 80.1. The molecule has 0 radical (unpaired) electrons. The van der Waals surface area contributed by atoms with E-state index in [-0.39, 0.29) is 0 Å². The van der Waals surface area contributed by atoms with Crippen LogP contribution in [0, 0.1) is 48.5 Å². The van der Waals surface area contributed by atoms with Crippen LogP contribution >= 0.6 is 22.7 Å². The maximum atomic E-state index is 4.47. The lowest BCUT2D eigenvalue weighted by Gasteiger charge is -2.23. The molecule has 17 aromatic rings. The second-order valence-corrected chi connectivity index (χ2v) is 40.4. The minimum atomic E-state index is 0.809. The van der Waals surface area contributed by atoms with Gasteiger partial charge in [0, 0.05) is 224 Å². The molecule has 666 valence electrons. The average Bonchev–Trinajstić information content (AvgIpc) is 1.63. The van der Waals surface area contributed by atoms with Gasteiger partial charge in [0.1, 0.15) is 0 Å². The first-order valence-electron chi connectivity index (χ1n) is 47.0. The van der Waals surface area contributed by atoms with Gasteiger partial charge in [0.25, 0.3) is 0 Å². The molecule has 0 fully saturated rings. The van der Waals surface area contributed by atoms with E-state index in [4.69, 9.17) is 0 Å². The van der Waals surface area contributed by atoms with Gasteiger partial charge in [0.05, 0.1) is 34.1 Å². The largest absolute Gasteiger partial charge is 0.351 e. The van der Waals surface area contributed by atoms with Gasteiger partial charge in [-0.1, -0.05) is 131 Å². The number of nitrogens with zero attached hydrogens (tertiary/aromatic N) is 12. The van der Waals surface area contributed by atoms with E-state index in [0.717, 1.165) is 104 Å². The van der Waals surface area contributed by atoms with Crippen LogP contribution in [0.25, 0.3) is 135 Å². The molecule has 0 N–H and O–H groups in total. The molecule has 14 heteroatoms. The molecular weight excluding hydrogens is 1640 g/mol. The highest BCUT2D eigenvalue weighted by Gasteiger charge is 2.29. The van der Waals surface area contributed by atoms with Gasteiger partial charge in [-0.25, -0.2) is 0 Å². The summed E-state index contributed by atoms with van der Waals surface area (Å²) in [5.74, 6) is 0. The molecule has 0 spiro atoms. The summed E-state index contributed by atoms with van der Waals surface area (Å²) in [4.78, 5) is 19.3. The Morgan fingerprint density at radius 1 is 0.328 bits per heavy atom. The molecule has 12 nitrogen and oxygen atoms in total. The van der Waals surface area contributed by atoms with Crippen molar-refractivity contribution >= 4 is 164 Å². The van der Waals surface area contributed by atoms with Crippen molar-refractivity contribution in [3.8, 4) is 0 Å². The SMILES string of the molecule is C/C(=C/n1c2c(c3cc(C)ccc31)CN(C)CC2)c1ccc2ccn(C)c2c1.C/C(=C/n1c2c(c3cc(C)ccc31)CN(C)CC2)c1cccc2c1C=NC2.C/C(=C/n1c2c(c3cc(C)ccc31)CN(C)CC2)c1cccc2ccccc12.C/C(=C/n1c2c(c3cc(C)ccc31)CN(C)CC2)c1sccc1C.C/C(=C\n1c2c(c3cc(C)ccc31)CN(C)CC2)c1cc(C)cs1. The van der Waals surface area contributed by atoms with Crippen LogP contribution in [0.3, 0.4) is 0 Å². The number of aliphatic imine (C=N–C) groups is 1. The summed E-state index contributed by atoms with van der Waals surface area (Å²) in [6.07, 6.45) is 21.4. The Bertz CT molecular complexity index is 7500. The maximum Gasteiger partial charge on any atom is 0.0646 e. The monoisotopic (exact) mass is 1760 g/mol. The fourth-order valence-electron chi connectivity index (χ4n) is 21.2. The number of hydrogen-bond donors (Lipinski definition) is 0. The second-order valence-electron chi connectivity index (χ2n) is 38.6. The fourth-order valence-corrected chi connectivity index (χ4v) is 23.0. The van der Waals surface area contributed by atoms with E-state index in [1.165, 1.54) is 237 Å². The number of thiophene rings is 2. The molecule has 23 rings (SSSR count). The second kappa shape index (κ2) is 37.0. The summed E-state index contributed by atoms with van der Waals surface area (Å²) in [6, 6.07) is 69.6. The van der Waals surface area contributed by atoms with E-state index in [1.54, 1.807) is 0 Å². The Balaban J connectivity index is 0.000000106. The summed E-state index contributed by atoms with van der Waals surface area (Å²) >= 11 is 3.67. The van der Waals surface area contributed by atoms with Crippen molar-refractivity contribution < 1.29 is 0 Å². The van der Waals surface area contributed by atoms with Crippen molar-refractivity contribution in [3.63, 3.8) is 0 Å². The van der Waals surface area contributed by atoms with Gasteiger partial charge < -0.3 is 51.9 Å². The number of benzene rings is 9. The summed E-state index contributed by atoms with van der Waals surface area (Å²) in [5.41, 5.74) is 45.3. The first-order valence-corrected chi connectivity index (χ1v) is 48.8. The highest BCUT2D eigenvalue weighted by atomic mass is 32.1. The average molecular weight is 1760 g/mol. The molecular formula is C117H126N12S2. The number of aryl methyl sites for hydroxylation is 8. The number of hydrogen-bond acceptors (Lipinski definition) is 8. The molecule has 0 saturated carbocycles. The third-order valence-corrected chi connectivity index (χ3v) is 30.6. The molecule has 14 heterocycles. The van der Waals surface area contributed by atoms with Crippen LogP contribution in [0.5, 0.6) is 0 Å². The van der Waals surface area contributed by atoms with Crippen LogP contribution in [0.4, 0.5) is 0 Å². The van der Waals surface area contributed by atoms with Crippen molar-refractivity contribution in [1.82, 2.24) is 51.9 Å². The van der Waals surface area contributed by atoms with Gasteiger partial charge in [-0.2, -0.15) is 0 Å². The minimum Gasteiger partial charge on any atom is -0.351 e. The zero-order valence-corrected chi connectivity index (χ0v) is 81.7. The van der Waals surface area contributed by atoms with E-state index in [2.05, 4.69) is 418 Å². The molecule has 0 bridgehead atoms. The lowest BCUT2D eigenvalue weighted by atomic mass is 9.98. The highest BCUT2D eigenvalue weighted by Crippen LogP contribution is 2.42. The van der Waals surface area contributed by atoms with Gasteiger partial charge in [0.15, 0.2) is 0 Å². The lowest BCUT2D eigenvalue weighted by molar-refractivity contribution is 0.312. The molecule has 0 aliphatic carbocycles. The quantitative estimate of drug-likeness (QED) is 0.137. The molecule has 0 unspecified atom stereocenters. The number of rotatable bonds is 10. The molecule has 0 atom stereocenters. The van der Waals surface area contributed by atoms with Crippen LogP contribution < -0.4 is 0 Å². The Kier molecular flexibility index (Phi) is 25.0. The van der Waals surface area contributed by atoms with E-state index in [9.17, 15) is 0 Å². The summed E-state index contributed by atoms with van der Waals surface area (Å²) in [5, 5.41) is 15.4. The number of allylic oxidation sites excluding steroid dienone is 5. The highest BCUT2D eigenvalue weighted by molar-refractivity contribution is 7.11. The minimum absolute atomic E-state index is 0.809. The molecule has 6 aliphatic heterocycles. The lowest BCUT2D eigenvalue weighted by Crippen LogP contribution is -2.26. The predicted octanol–water partition coefficient (Wildman–Crippen LogP) is 27.1. The van der Waals surface area contributed by atoms with Crippen LogP contribution in [0.15, 0.2) is 210 Å². The van der Waals surface area contributed by atoms with Crippen LogP contribution in [0.2, 0.25) is 0 Å². The zero-order chi connectivity index (χ0) is 90.9. The van der Waals surface area contributed by atoms with Gasteiger partial charge >= 0.3 is 0 Å². The fraction of sp³-hybridized carbons (Fsp3) is 0.291. The van der Waals surface area contributed by atoms with Crippen LogP contribution in [-0.2, 0) is 78.4 Å². The summed E-state index contributed by atoms with van der Waals surface area (Å²) in [6.45, 7) is 38.1. The van der Waals surface area contributed by atoms with Gasteiger partial charge in [-0.15, -0.1) is 22.7 Å². The van der Waals surface area contributed by atoms with Crippen molar-refractivity contribution in [2.24, 2.45) is 12.0 Å². The summed E-state index contributed by atoms with van der Waals surface area (Å²) in [7, 11) is 13.2. The smallest absolute Gasteiger partial charge is 0.0646 e. The topological polar surface area (TPSA) is 58.1 Å². The van der Waals surface area contributed by atoms with Crippen molar-refractivity contribution in [3.05, 3.63) is 338 Å². The van der Waals surface area contributed by atoms with Gasteiger partial charge in [-0.3, -0.25) is 4.99 Å². The third-order valence-electron chi connectivity index (χ3n) is 28.3. The standard InChI is InChI=1S/C26H26N2.C25H27N3.C24H25N3.2C21H24N2S/c1-18-11-12-25-23(15-18)24-17-27(3)14-13-26(24)28(25)16-19(2)21-10-6-8-20-7-4-5-9-22(20)21;1-17-5-8-23-21(13-17)22-16-26(3)11-10-24(22)28(23)15-18(2)20-7-6-19-9-12-27(4)25(19)14-20;1-16-7-8-23-20(11-16)22-15-26(3)10-9-24(22)27(23)14-17(2)19-6-4-5-18-12-25-13-21(18)19;1-14-5-6-19-17(11-14)18-13-22(4)9-7-20(18)23(19)12-16(3)21-15(2)8-10-24-21;1-14-5-6-19-17(9-14)18-12-22(4)8-7-20(18)23(19)11-16(3)21-10-15(2)13-24-21/h4-12,15-16H,13-14,17H2,1-3H3;5-9,12-15H,10-11,16H2,1-4H3;4-8,11,13-14H,9-10,12,15H2,1-3H3;5-6,8,10-12H,7,9,13H2,1-4H3;5-6,9-11,13H,7-8,12H2,1-4H3/b19-16-;18-15-;17-14-;16-12-;16-11+. The Morgan fingerprint density at radius 2 is 0.725 bits per heavy atom. The molecule has 0 saturated heterocycles. The molecule has 9 aromatic carbocycles. The van der Waals surface area contributed by atoms with E-state index >= 15 is 0 Å². The predicted molar refractivity (Wildman–Crippen MR) is 565 cm³/mol. The van der Waals surface area contributed by atoms with Gasteiger partial charge in [0.2, 0.25) is 0 Å². The maximum absolute atomic E-state index is 4.47. The molecule has 6 aliphatic rings. The molecule has 131 heavy (non-hydrogen) atoms. The number of likely N-dealkylation sites (N-methyl/N-ethyl adjacent to an activating group) is 5. The van der Waals surface area contributed by atoms with Crippen molar-refractivity contribution in [1.29, 1.82) is 0 Å². The summed E-state index contributed by atoms with van der Waals surface area (Å²) < 4.78 is 14.4. The van der Waals surface area contributed by atoms with E-state index < -0.39 is 0 Å². The first-order chi connectivity index (χ1) is 63.3. The Hall–Kier alpha value is -12.0. The molecule has 8 aromatic heterocycles. The van der Waals surface area contributed by atoms with Crippen LogP contribution in [0.1, 0.15) is 167 Å². The third kappa shape index (κ3) is 17.7. The number of fused-ring (bicyclic) bond motifs is 18. The normalized spacial score (nSPS) is 15.9. The number of aromatic nitrogens is 6. The molecule has 0 amide bonds. The van der Waals surface area contributed by atoms with Gasteiger partial charge in [-0.05, 0) is 319 Å². The van der Waals surface area contributed by atoms with E-state index in [1.807, 2.05) is 28.9 Å². The van der Waals surface area contributed by atoms with Crippen LogP contribution in [-0.4, -0.2) is 126 Å². The van der Waals surface area contributed by atoms with E-state index in [0.29, 0.717) is 0 Å². The van der Waals surface area contributed by atoms with Crippen molar-refractivity contribution in [2.45, 2.75) is 154 Å². The Morgan fingerprint density at radius 3 is 1.15 bits per heavy atom. The first kappa shape index (κ1) is 88.3.